The predicted molar refractivity (Wildman–Crippen MR) is 233 cm³/mol. The first-order valence-corrected chi connectivity index (χ1v) is 23.8. The van der Waals surface area contributed by atoms with Crippen LogP contribution < -0.4 is 0 Å². The topological polar surface area (TPSA) is 78.9 Å². The van der Waals surface area contributed by atoms with Crippen molar-refractivity contribution in [3.8, 4) is 0 Å². The molecule has 6 heteroatoms. The molecule has 0 radical (unpaired) electrons. The number of hydrogen-bond acceptors (Lipinski definition) is 6. The molecule has 0 aliphatic heterocycles. The van der Waals surface area contributed by atoms with Crippen LogP contribution in [-0.2, 0) is 28.6 Å². The number of unbranched alkanes of at least 4 members (excludes halogenated alkanes) is 28. The third kappa shape index (κ3) is 42.9. The van der Waals surface area contributed by atoms with E-state index < -0.39 is 6.10 Å². The second-order valence-electron chi connectivity index (χ2n) is 16.0. The molecule has 1 unspecified atom stereocenters. The lowest BCUT2D eigenvalue weighted by Crippen LogP contribution is -2.30. The van der Waals surface area contributed by atoms with Gasteiger partial charge >= 0.3 is 17.9 Å². The molecule has 0 aliphatic rings. The molecule has 0 amide bonds. The second-order valence-corrected chi connectivity index (χ2v) is 16.0. The molecule has 0 saturated heterocycles. The summed E-state index contributed by atoms with van der Waals surface area (Å²) in [5.74, 6) is -0.883. The summed E-state index contributed by atoms with van der Waals surface area (Å²) in [6, 6.07) is 0. The number of allylic oxidation sites excluding steroid dienone is 4. The van der Waals surface area contributed by atoms with E-state index in [1.165, 1.54) is 135 Å². The van der Waals surface area contributed by atoms with Crippen molar-refractivity contribution in [3.05, 3.63) is 24.3 Å². The summed E-state index contributed by atoms with van der Waals surface area (Å²) >= 11 is 0. The Hall–Kier alpha value is -2.11. The lowest BCUT2D eigenvalue weighted by molar-refractivity contribution is -0.167. The summed E-state index contributed by atoms with van der Waals surface area (Å²) in [6.45, 7) is 6.59. The monoisotopic (exact) mass is 775 g/mol. The maximum absolute atomic E-state index is 12.7. The van der Waals surface area contributed by atoms with Gasteiger partial charge in [-0.25, -0.2) is 0 Å². The minimum absolute atomic E-state index is 0.0722. The number of carbonyl (C=O) groups is 3. The van der Waals surface area contributed by atoms with E-state index in [-0.39, 0.29) is 31.1 Å². The van der Waals surface area contributed by atoms with E-state index in [9.17, 15) is 14.4 Å². The van der Waals surface area contributed by atoms with Gasteiger partial charge in [0.2, 0.25) is 0 Å². The van der Waals surface area contributed by atoms with Gasteiger partial charge in [0.15, 0.2) is 6.10 Å². The fourth-order valence-electron chi connectivity index (χ4n) is 6.82. The van der Waals surface area contributed by atoms with E-state index in [2.05, 4.69) is 45.1 Å². The average molecular weight is 775 g/mol. The first kappa shape index (κ1) is 52.9. The van der Waals surface area contributed by atoms with Crippen molar-refractivity contribution < 1.29 is 28.6 Å². The van der Waals surface area contributed by atoms with Gasteiger partial charge in [0.1, 0.15) is 13.2 Å². The van der Waals surface area contributed by atoms with E-state index in [1.807, 2.05) is 0 Å². The van der Waals surface area contributed by atoms with E-state index in [4.69, 9.17) is 14.2 Å². The zero-order valence-corrected chi connectivity index (χ0v) is 36.7. The summed E-state index contributed by atoms with van der Waals surface area (Å²) < 4.78 is 16.7. The zero-order valence-electron chi connectivity index (χ0n) is 36.7. The van der Waals surface area contributed by atoms with Crippen LogP contribution in [0.5, 0.6) is 0 Å². The van der Waals surface area contributed by atoms with Gasteiger partial charge < -0.3 is 14.2 Å². The van der Waals surface area contributed by atoms with Crippen LogP contribution in [0.2, 0.25) is 0 Å². The summed E-state index contributed by atoms with van der Waals surface area (Å²) in [6.07, 6.45) is 48.7. The van der Waals surface area contributed by atoms with Crippen molar-refractivity contribution in [2.45, 2.75) is 258 Å². The van der Waals surface area contributed by atoms with Crippen LogP contribution in [0, 0.1) is 0 Å². The van der Waals surface area contributed by atoms with Crippen molar-refractivity contribution >= 4 is 17.9 Å². The Bertz CT molecular complexity index is 896. The molecule has 0 rings (SSSR count). The Labute approximate surface area is 341 Å². The number of carbonyl (C=O) groups excluding carboxylic acids is 3. The Balaban J connectivity index is 4.31. The highest BCUT2D eigenvalue weighted by molar-refractivity contribution is 5.71. The molecule has 0 aromatic rings. The van der Waals surface area contributed by atoms with Gasteiger partial charge in [0, 0.05) is 19.3 Å². The predicted octanol–water partition coefficient (Wildman–Crippen LogP) is 15.2. The van der Waals surface area contributed by atoms with Crippen LogP contribution >= 0.6 is 0 Å². The molecule has 55 heavy (non-hydrogen) atoms. The maximum Gasteiger partial charge on any atom is 0.306 e. The summed E-state index contributed by atoms with van der Waals surface area (Å²) in [5, 5.41) is 0. The van der Waals surface area contributed by atoms with Crippen molar-refractivity contribution in [2.75, 3.05) is 13.2 Å². The van der Waals surface area contributed by atoms with Crippen LogP contribution in [-0.4, -0.2) is 37.2 Å². The minimum atomic E-state index is -0.768. The smallest absolute Gasteiger partial charge is 0.306 e. The third-order valence-corrected chi connectivity index (χ3v) is 10.5. The Morgan fingerprint density at radius 2 is 0.655 bits per heavy atom. The molecule has 1 atom stereocenters. The third-order valence-electron chi connectivity index (χ3n) is 10.5. The highest BCUT2D eigenvalue weighted by Crippen LogP contribution is 2.15. The van der Waals surface area contributed by atoms with Gasteiger partial charge in [-0.3, -0.25) is 14.4 Å². The van der Waals surface area contributed by atoms with E-state index in [0.717, 1.165) is 77.0 Å². The largest absolute Gasteiger partial charge is 0.462 e. The van der Waals surface area contributed by atoms with Gasteiger partial charge in [-0.1, -0.05) is 206 Å². The highest BCUT2D eigenvalue weighted by atomic mass is 16.6. The number of hydrogen-bond donors (Lipinski definition) is 0. The SMILES string of the molecule is CCCCCC/C=C\C/C=C\CCCCCCCC(=O)OCC(COC(=O)CCCCCCCCCC)OC(=O)CCCCCCCCCCCCCCC. The number of ether oxygens (including phenoxy) is 3. The Morgan fingerprint density at radius 1 is 0.364 bits per heavy atom. The molecule has 6 nitrogen and oxygen atoms in total. The quantitative estimate of drug-likeness (QED) is 0.0266. The zero-order chi connectivity index (χ0) is 40.1. The van der Waals surface area contributed by atoms with Crippen molar-refractivity contribution in [3.63, 3.8) is 0 Å². The average Bonchev–Trinajstić information content (AvgIpc) is 3.18. The molecule has 0 N–H and O–H groups in total. The van der Waals surface area contributed by atoms with Crippen LogP contribution in [0.3, 0.4) is 0 Å². The van der Waals surface area contributed by atoms with Gasteiger partial charge in [-0.2, -0.15) is 0 Å². The van der Waals surface area contributed by atoms with Crippen molar-refractivity contribution in [1.29, 1.82) is 0 Å². The first-order chi connectivity index (χ1) is 27.0. The molecule has 0 aromatic heterocycles. The summed E-state index contributed by atoms with van der Waals surface area (Å²) in [4.78, 5) is 37.7. The van der Waals surface area contributed by atoms with Crippen molar-refractivity contribution in [1.82, 2.24) is 0 Å². The number of rotatable bonds is 43. The Morgan fingerprint density at radius 3 is 1.02 bits per heavy atom. The molecular formula is C49H90O6. The summed E-state index contributed by atoms with van der Waals surface area (Å²) in [5.41, 5.74) is 0. The maximum atomic E-state index is 12.7. The Kier molecular flexibility index (Phi) is 42.9. The van der Waals surface area contributed by atoms with Crippen LogP contribution in [0.15, 0.2) is 24.3 Å². The van der Waals surface area contributed by atoms with Gasteiger partial charge in [-0.15, -0.1) is 0 Å². The van der Waals surface area contributed by atoms with E-state index in [1.54, 1.807) is 0 Å². The minimum Gasteiger partial charge on any atom is -0.462 e. The fraction of sp³-hybridized carbons (Fsp3) is 0.857. The molecule has 0 heterocycles. The second kappa shape index (κ2) is 44.6. The fourth-order valence-corrected chi connectivity index (χ4v) is 6.82. The van der Waals surface area contributed by atoms with Crippen molar-refractivity contribution in [2.24, 2.45) is 0 Å². The molecule has 0 saturated carbocycles. The van der Waals surface area contributed by atoms with Gasteiger partial charge in [0.05, 0.1) is 0 Å². The molecule has 0 fully saturated rings. The van der Waals surface area contributed by atoms with Crippen LogP contribution in [0.4, 0.5) is 0 Å². The highest BCUT2D eigenvalue weighted by Gasteiger charge is 2.19. The standard InChI is InChI=1S/C49H90O6/c1-4-7-10-13-16-19-21-23-24-25-27-28-30-33-36-39-42-48(51)54-45-46(44-53-47(50)41-38-35-32-18-15-12-9-6-3)55-49(52)43-40-37-34-31-29-26-22-20-17-14-11-8-5-2/h19,21,24-25,46H,4-18,20,22-23,26-45H2,1-3H3/b21-19-,25-24-. The number of esters is 3. The molecular weight excluding hydrogens is 685 g/mol. The van der Waals surface area contributed by atoms with Crippen LogP contribution in [0.1, 0.15) is 252 Å². The lowest BCUT2D eigenvalue weighted by atomic mass is 10.0. The lowest BCUT2D eigenvalue weighted by Gasteiger charge is -2.18. The normalized spacial score (nSPS) is 12.1. The molecule has 0 aromatic carbocycles. The molecule has 0 bridgehead atoms. The summed E-state index contributed by atoms with van der Waals surface area (Å²) in [7, 11) is 0. The van der Waals surface area contributed by atoms with Gasteiger partial charge in [-0.05, 0) is 51.4 Å². The molecule has 0 spiro atoms. The molecule has 322 valence electrons. The van der Waals surface area contributed by atoms with Crippen LogP contribution in [0.25, 0.3) is 0 Å². The van der Waals surface area contributed by atoms with Gasteiger partial charge in [0.25, 0.3) is 0 Å². The first-order valence-electron chi connectivity index (χ1n) is 23.8. The van der Waals surface area contributed by atoms with E-state index in [0.29, 0.717) is 19.3 Å². The molecule has 0 aliphatic carbocycles. The van der Waals surface area contributed by atoms with E-state index >= 15 is 0 Å².